The maximum Gasteiger partial charge on any atom is 0.313 e. The molecule has 8 nitrogen and oxygen atoms in total. The highest BCUT2D eigenvalue weighted by molar-refractivity contribution is 7.10. The third-order valence-corrected chi connectivity index (χ3v) is 5.49. The minimum Gasteiger partial charge on any atom is -0.493 e. The summed E-state index contributed by atoms with van der Waals surface area (Å²) >= 11 is 1.58. The minimum absolute atomic E-state index is 0.198. The summed E-state index contributed by atoms with van der Waals surface area (Å²) in [6, 6.07) is 10.6. The zero-order valence-electron chi connectivity index (χ0n) is 17.3. The molecule has 1 aromatic carbocycles. The second-order valence-corrected chi connectivity index (χ2v) is 7.62. The van der Waals surface area contributed by atoms with Crippen molar-refractivity contribution in [2.45, 2.75) is 19.9 Å². The van der Waals surface area contributed by atoms with Gasteiger partial charge in [0.1, 0.15) is 6.04 Å². The molecule has 1 unspecified atom stereocenters. The highest BCUT2D eigenvalue weighted by Crippen LogP contribution is 2.29. The molecule has 0 saturated heterocycles. The molecule has 0 saturated carbocycles. The summed E-state index contributed by atoms with van der Waals surface area (Å²) in [6.45, 7) is 4.12. The number of aryl methyl sites for hydroxylation is 2. The molecule has 0 fully saturated rings. The van der Waals surface area contributed by atoms with E-state index in [-0.39, 0.29) is 12.6 Å². The first-order valence-corrected chi connectivity index (χ1v) is 10.2. The van der Waals surface area contributed by atoms with Crippen molar-refractivity contribution in [3.63, 3.8) is 0 Å². The van der Waals surface area contributed by atoms with E-state index in [0.29, 0.717) is 17.2 Å². The largest absolute Gasteiger partial charge is 0.493 e. The van der Waals surface area contributed by atoms with Crippen LogP contribution < -0.4 is 20.1 Å². The van der Waals surface area contributed by atoms with Crippen molar-refractivity contribution in [3.05, 3.63) is 58.0 Å². The Kier molecular flexibility index (Phi) is 6.73. The number of nitrogens with zero attached hydrogens (tertiary/aromatic N) is 2. The first kappa shape index (κ1) is 21.4. The predicted molar refractivity (Wildman–Crippen MR) is 115 cm³/mol. The van der Waals surface area contributed by atoms with Gasteiger partial charge in [0.25, 0.3) is 0 Å². The third kappa shape index (κ3) is 4.80. The number of hydrogen-bond acceptors (Lipinski definition) is 6. The number of benzene rings is 1. The van der Waals surface area contributed by atoms with Gasteiger partial charge in [-0.3, -0.25) is 14.3 Å². The zero-order chi connectivity index (χ0) is 21.7. The molecule has 2 amide bonds. The van der Waals surface area contributed by atoms with Crippen molar-refractivity contribution >= 4 is 28.8 Å². The summed E-state index contributed by atoms with van der Waals surface area (Å²) in [7, 11) is 3.02. The molecular weight excluding hydrogens is 404 g/mol. The number of anilines is 1. The molecule has 2 aromatic heterocycles. The van der Waals surface area contributed by atoms with Gasteiger partial charge in [-0.25, -0.2) is 0 Å². The highest BCUT2D eigenvalue weighted by atomic mass is 32.1. The Balaban J connectivity index is 1.68. The monoisotopic (exact) mass is 428 g/mol. The lowest BCUT2D eigenvalue weighted by atomic mass is 10.2. The maximum atomic E-state index is 12.4. The summed E-state index contributed by atoms with van der Waals surface area (Å²) in [6.07, 6.45) is 0. The molecule has 9 heteroatoms. The molecule has 3 aromatic rings. The van der Waals surface area contributed by atoms with Gasteiger partial charge in [-0.05, 0) is 43.5 Å². The Morgan fingerprint density at radius 1 is 1.10 bits per heavy atom. The van der Waals surface area contributed by atoms with Gasteiger partial charge in [-0.2, -0.15) is 5.10 Å². The van der Waals surface area contributed by atoms with Crippen molar-refractivity contribution in [1.82, 2.24) is 15.1 Å². The van der Waals surface area contributed by atoms with Crippen LogP contribution in [0.15, 0.2) is 41.8 Å². The van der Waals surface area contributed by atoms with Gasteiger partial charge in [0.05, 0.1) is 19.9 Å². The van der Waals surface area contributed by atoms with E-state index in [2.05, 4.69) is 15.7 Å². The fourth-order valence-corrected chi connectivity index (χ4v) is 3.93. The van der Waals surface area contributed by atoms with E-state index in [4.69, 9.17) is 9.47 Å². The zero-order valence-corrected chi connectivity index (χ0v) is 18.1. The Morgan fingerprint density at radius 2 is 1.87 bits per heavy atom. The lowest BCUT2D eigenvalue weighted by Crippen LogP contribution is -2.39. The van der Waals surface area contributed by atoms with Crippen molar-refractivity contribution in [1.29, 1.82) is 0 Å². The number of amides is 2. The number of ether oxygens (including phenoxy) is 2. The number of carbonyl (C=O) groups excluding carboxylic acids is 2. The van der Waals surface area contributed by atoms with E-state index < -0.39 is 11.8 Å². The summed E-state index contributed by atoms with van der Waals surface area (Å²) < 4.78 is 12.3. The Labute approximate surface area is 178 Å². The van der Waals surface area contributed by atoms with Gasteiger partial charge in [0, 0.05) is 28.9 Å². The van der Waals surface area contributed by atoms with Crippen LogP contribution in [0.5, 0.6) is 11.5 Å². The number of carbonyl (C=O) groups is 2. The van der Waals surface area contributed by atoms with Crippen LogP contribution in [0.2, 0.25) is 0 Å². The van der Waals surface area contributed by atoms with Crippen LogP contribution in [0.4, 0.5) is 5.69 Å². The molecule has 2 heterocycles. The van der Waals surface area contributed by atoms with E-state index in [9.17, 15) is 9.59 Å². The predicted octanol–water partition coefficient (Wildman–Crippen LogP) is 2.92. The smallest absolute Gasteiger partial charge is 0.313 e. The van der Waals surface area contributed by atoms with Crippen LogP contribution in [0.3, 0.4) is 0 Å². The van der Waals surface area contributed by atoms with E-state index >= 15 is 0 Å². The Morgan fingerprint density at radius 3 is 2.47 bits per heavy atom. The average Bonchev–Trinajstić information content (AvgIpc) is 3.38. The van der Waals surface area contributed by atoms with Gasteiger partial charge in [0.15, 0.2) is 11.5 Å². The van der Waals surface area contributed by atoms with Crippen LogP contribution >= 0.6 is 11.3 Å². The van der Waals surface area contributed by atoms with Crippen LogP contribution in [0, 0.1) is 13.8 Å². The van der Waals surface area contributed by atoms with Crippen LogP contribution in [-0.4, -0.2) is 42.4 Å². The highest BCUT2D eigenvalue weighted by Gasteiger charge is 2.21. The first-order valence-electron chi connectivity index (χ1n) is 9.30. The maximum absolute atomic E-state index is 12.4. The molecule has 3 rings (SSSR count). The van der Waals surface area contributed by atoms with E-state index in [1.54, 1.807) is 29.5 Å². The van der Waals surface area contributed by atoms with Crippen molar-refractivity contribution in [3.8, 4) is 11.5 Å². The summed E-state index contributed by atoms with van der Waals surface area (Å²) in [5.74, 6) is -0.505. The van der Waals surface area contributed by atoms with Gasteiger partial charge in [-0.15, -0.1) is 11.3 Å². The van der Waals surface area contributed by atoms with E-state index in [1.807, 2.05) is 42.1 Å². The molecule has 0 radical (unpaired) electrons. The number of aromatic nitrogens is 2. The van der Waals surface area contributed by atoms with Crippen LogP contribution in [-0.2, 0) is 9.59 Å². The lowest BCUT2D eigenvalue weighted by molar-refractivity contribution is -0.136. The third-order valence-electron chi connectivity index (χ3n) is 4.52. The molecule has 0 aliphatic heterocycles. The molecule has 30 heavy (non-hydrogen) atoms. The van der Waals surface area contributed by atoms with Crippen LogP contribution in [0.25, 0.3) is 0 Å². The molecule has 1 atom stereocenters. The number of rotatable bonds is 7. The van der Waals surface area contributed by atoms with Crippen molar-refractivity contribution < 1.29 is 19.1 Å². The number of methoxy groups -OCH3 is 2. The molecule has 0 aliphatic rings. The number of hydrogen-bond donors (Lipinski definition) is 2. The summed E-state index contributed by atoms with van der Waals surface area (Å²) in [5.41, 5.74) is 2.31. The fourth-order valence-electron chi connectivity index (χ4n) is 3.12. The van der Waals surface area contributed by atoms with Crippen molar-refractivity contribution in [2.24, 2.45) is 0 Å². The van der Waals surface area contributed by atoms with Crippen molar-refractivity contribution in [2.75, 3.05) is 26.1 Å². The molecule has 0 spiro atoms. The van der Waals surface area contributed by atoms with Gasteiger partial charge in [0.2, 0.25) is 0 Å². The summed E-state index contributed by atoms with van der Waals surface area (Å²) in [5, 5.41) is 11.8. The fraction of sp³-hybridized carbons (Fsp3) is 0.286. The quantitative estimate of drug-likeness (QED) is 0.565. The standard InChI is InChI=1S/C21H24N4O4S/c1-13-10-14(2)25(24-13)16(19-6-5-9-30-19)12-22-20(26)21(27)23-15-7-8-17(28-3)18(11-15)29-4/h5-11,16H,12H2,1-4H3,(H,22,26)(H,23,27). The second kappa shape index (κ2) is 9.45. The number of nitrogens with one attached hydrogen (secondary N) is 2. The summed E-state index contributed by atoms with van der Waals surface area (Å²) in [4.78, 5) is 25.8. The topological polar surface area (TPSA) is 94.5 Å². The average molecular weight is 429 g/mol. The molecule has 2 N–H and O–H groups in total. The molecule has 0 aliphatic carbocycles. The van der Waals surface area contributed by atoms with E-state index in [0.717, 1.165) is 16.3 Å². The lowest BCUT2D eigenvalue weighted by Gasteiger charge is -2.19. The van der Waals surface area contributed by atoms with Gasteiger partial charge in [-0.1, -0.05) is 6.07 Å². The number of thiophene rings is 1. The Bertz CT molecular complexity index is 1030. The molecule has 0 bridgehead atoms. The van der Waals surface area contributed by atoms with Gasteiger partial charge < -0.3 is 20.1 Å². The van der Waals surface area contributed by atoms with Crippen LogP contribution in [0.1, 0.15) is 22.3 Å². The van der Waals surface area contributed by atoms with E-state index in [1.165, 1.54) is 14.2 Å². The SMILES string of the molecule is COc1ccc(NC(=O)C(=O)NCC(c2cccs2)n2nc(C)cc2C)cc1OC. The second-order valence-electron chi connectivity index (χ2n) is 6.64. The normalized spacial score (nSPS) is 11.6. The van der Waals surface area contributed by atoms with Gasteiger partial charge >= 0.3 is 11.8 Å². The molecular formula is C21H24N4O4S. The first-order chi connectivity index (χ1) is 14.4. The minimum atomic E-state index is -0.763. The molecule has 158 valence electrons. The Hall–Kier alpha value is -3.33.